The van der Waals surface area contributed by atoms with Gasteiger partial charge >= 0.3 is 0 Å². The van der Waals surface area contributed by atoms with Crippen LogP contribution in [0.3, 0.4) is 0 Å². The second kappa shape index (κ2) is 5.70. The Kier molecular flexibility index (Phi) is 4.07. The van der Waals surface area contributed by atoms with Gasteiger partial charge in [0.1, 0.15) is 4.90 Å². The molecule has 0 N–H and O–H groups in total. The number of aromatic nitrogens is 1. The molecule has 3 rings (SSSR count). The highest BCUT2D eigenvalue weighted by molar-refractivity contribution is 7.89. The van der Waals surface area contributed by atoms with Crippen molar-refractivity contribution < 1.29 is 13.2 Å². The largest absolute Gasteiger partial charge is 0.379 e. The zero-order valence-electron chi connectivity index (χ0n) is 10.9. The van der Waals surface area contributed by atoms with Gasteiger partial charge in [0, 0.05) is 24.7 Å². The number of hydrogen-bond acceptors (Lipinski definition) is 4. The number of sulfonamides is 1. The second-order valence-corrected chi connectivity index (χ2v) is 7.27. The standard InChI is InChI=1S/C13H12Cl2N2O3S/c14-10-3-4-16-12-9(10)1-2-11(15)13(12)21(18,19)17-5-7-20-8-6-17/h1-4H,5-8H2. The number of pyridine rings is 1. The van der Waals surface area contributed by atoms with Gasteiger partial charge in [0.05, 0.1) is 28.8 Å². The normalized spacial score (nSPS) is 17.2. The number of fused-ring (bicyclic) bond motifs is 1. The van der Waals surface area contributed by atoms with Gasteiger partial charge in [-0.1, -0.05) is 23.2 Å². The summed E-state index contributed by atoms with van der Waals surface area (Å²) in [5.74, 6) is 0. The molecule has 2 heterocycles. The summed E-state index contributed by atoms with van der Waals surface area (Å²) < 4.78 is 32.2. The quantitative estimate of drug-likeness (QED) is 0.838. The van der Waals surface area contributed by atoms with E-state index in [1.54, 1.807) is 12.1 Å². The Bertz CT molecular complexity index is 789. The zero-order chi connectivity index (χ0) is 15.0. The summed E-state index contributed by atoms with van der Waals surface area (Å²) in [6.45, 7) is 1.34. The Balaban J connectivity index is 2.23. The molecule has 0 saturated carbocycles. The van der Waals surface area contributed by atoms with Crippen LogP contribution in [0.2, 0.25) is 10.0 Å². The van der Waals surface area contributed by atoms with Crippen molar-refractivity contribution in [2.24, 2.45) is 0 Å². The van der Waals surface area contributed by atoms with Crippen molar-refractivity contribution in [3.8, 4) is 0 Å². The van der Waals surface area contributed by atoms with Crippen molar-refractivity contribution in [2.45, 2.75) is 4.90 Å². The highest BCUT2D eigenvalue weighted by atomic mass is 35.5. The molecular formula is C13H12Cl2N2O3S. The number of hydrogen-bond donors (Lipinski definition) is 0. The van der Waals surface area contributed by atoms with Crippen LogP contribution in [0, 0.1) is 0 Å². The predicted octanol–water partition coefficient (Wildman–Crippen LogP) is 2.56. The first kappa shape index (κ1) is 15.0. The average Bonchev–Trinajstić information content (AvgIpc) is 2.48. The lowest BCUT2D eigenvalue weighted by molar-refractivity contribution is 0.0730. The van der Waals surface area contributed by atoms with Crippen LogP contribution in [-0.4, -0.2) is 44.0 Å². The van der Waals surface area contributed by atoms with E-state index in [9.17, 15) is 8.42 Å². The van der Waals surface area contributed by atoms with Crippen LogP contribution in [-0.2, 0) is 14.8 Å². The zero-order valence-corrected chi connectivity index (χ0v) is 13.2. The first-order valence-electron chi connectivity index (χ1n) is 6.32. The van der Waals surface area contributed by atoms with Crippen molar-refractivity contribution >= 4 is 44.1 Å². The van der Waals surface area contributed by atoms with Gasteiger partial charge in [0.15, 0.2) is 0 Å². The van der Waals surface area contributed by atoms with Crippen LogP contribution >= 0.6 is 23.2 Å². The molecule has 0 radical (unpaired) electrons. The Labute approximate surface area is 132 Å². The van der Waals surface area contributed by atoms with Gasteiger partial charge in [-0.25, -0.2) is 8.42 Å². The molecule has 1 aliphatic heterocycles. The highest BCUT2D eigenvalue weighted by Gasteiger charge is 2.30. The highest BCUT2D eigenvalue weighted by Crippen LogP contribution is 2.34. The molecule has 0 atom stereocenters. The van der Waals surface area contributed by atoms with Gasteiger partial charge in [0.2, 0.25) is 10.0 Å². The topological polar surface area (TPSA) is 59.5 Å². The lowest BCUT2D eigenvalue weighted by Gasteiger charge is -2.26. The van der Waals surface area contributed by atoms with Crippen molar-refractivity contribution in [1.82, 2.24) is 9.29 Å². The molecule has 0 spiro atoms. The average molecular weight is 347 g/mol. The van der Waals surface area contributed by atoms with Crippen LogP contribution in [0.5, 0.6) is 0 Å². The van der Waals surface area contributed by atoms with E-state index >= 15 is 0 Å². The minimum atomic E-state index is -3.74. The van der Waals surface area contributed by atoms with Crippen LogP contribution in [0.1, 0.15) is 0 Å². The first-order chi connectivity index (χ1) is 10.0. The number of ether oxygens (including phenoxy) is 1. The molecule has 1 aliphatic rings. The molecule has 2 aromatic rings. The van der Waals surface area contributed by atoms with Gasteiger partial charge in [-0.15, -0.1) is 0 Å². The fourth-order valence-corrected chi connectivity index (χ4v) is 4.56. The summed E-state index contributed by atoms with van der Waals surface area (Å²) in [4.78, 5) is 4.16. The monoisotopic (exact) mass is 346 g/mol. The lowest BCUT2D eigenvalue weighted by atomic mass is 10.2. The molecule has 0 bridgehead atoms. The third-order valence-electron chi connectivity index (χ3n) is 3.33. The predicted molar refractivity (Wildman–Crippen MR) is 81.3 cm³/mol. The minimum Gasteiger partial charge on any atom is -0.379 e. The van der Waals surface area contributed by atoms with Gasteiger partial charge in [-0.05, 0) is 18.2 Å². The Morgan fingerprint density at radius 3 is 2.52 bits per heavy atom. The molecule has 1 saturated heterocycles. The molecule has 0 aliphatic carbocycles. The Morgan fingerprint density at radius 1 is 1.10 bits per heavy atom. The molecule has 5 nitrogen and oxygen atoms in total. The molecule has 1 aromatic carbocycles. The van der Waals surface area contributed by atoms with Crippen molar-refractivity contribution in [1.29, 1.82) is 0 Å². The van der Waals surface area contributed by atoms with E-state index in [4.69, 9.17) is 27.9 Å². The number of rotatable bonds is 2. The maximum atomic E-state index is 12.8. The summed E-state index contributed by atoms with van der Waals surface area (Å²) in [6.07, 6.45) is 1.47. The van der Waals surface area contributed by atoms with Crippen LogP contribution in [0.4, 0.5) is 0 Å². The Morgan fingerprint density at radius 2 is 1.81 bits per heavy atom. The molecule has 1 fully saturated rings. The minimum absolute atomic E-state index is 0.00562. The van der Waals surface area contributed by atoms with E-state index in [-0.39, 0.29) is 9.92 Å². The van der Waals surface area contributed by atoms with Gasteiger partial charge in [0.25, 0.3) is 0 Å². The number of morpholine rings is 1. The van der Waals surface area contributed by atoms with Crippen LogP contribution in [0.25, 0.3) is 10.9 Å². The third-order valence-corrected chi connectivity index (χ3v) is 6.06. The number of benzene rings is 1. The maximum Gasteiger partial charge on any atom is 0.246 e. The molecule has 1 aromatic heterocycles. The van der Waals surface area contributed by atoms with Crippen LogP contribution in [0.15, 0.2) is 29.3 Å². The van der Waals surface area contributed by atoms with E-state index < -0.39 is 10.0 Å². The summed E-state index contributed by atoms with van der Waals surface area (Å²) >= 11 is 12.2. The van der Waals surface area contributed by atoms with Crippen molar-refractivity contribution in [3.63, 3.8) is 0 Å². The summed E-state index contributed by atoms with van der Waals surface area (Å²) in [6, 6.07) is 4.82. The Hall–Kier alpha value is -0.920. The SMILES string of the molecule is O=S(=O)(c1c(Cl)ccc2c(Cl)ccnc12)N1CCOCC1. The summed E-state index contributed by atoms with van der Waals surface area (Å²) in [7, 11) is -3.74. The summed E-state index contributed by atoms with van der Waals surface area (Å²) in [5.41, 5.74) is 0.293. The van der Waals surface area contributed by atoms with Crippen LogP contribution < -0.4 is 0 Å². The molecule has 8 heteroatoms. The number of halogens is 2. The van der Waals surface area contributed by atoms with Gasteiger partial charge < -0.3 is 4.74 Å². The second-order valence-electron chi connectivity index (χ2n) is 4.58. The van der Waals surface area contributed by atoms with E-state index in [2.05, 4.69) is 4.98 Å². The van der Waals surface area contributed by atoms with E-state index in [1.807, 2.05) is 0 Å². The maximum absolute atomic E-state index is 12.8. The third kappa shape index (κ3) is 2.62. The van der Waals surface area contributed by atoms with E-state index in [1.165, 1.54) is 16.6 Å². The fraction of sp³-hybridized carbons (Fsp3) is 0.308. The van der Waals surface area contributed by atoms with E-state index in [0.717, 1.165) is 0 Å². The number of nitrogens with zero attached hydrogens (tertiary/aromatic N) is 2. The lowest BCUT2D eigenvalue weighted by Crippen LogP contribution is -2.40. The van der Waals surface area contributed by atoms with Crippen molar-refractivity contribution in [2.75, 3.05) is 26.3 Å². The van der Waals surface area contributed by atoms with E-state index in [0.29, 0.717) is 42.2 Å². The molecule has 0 unspecified atom stereocenters. The molecular weight excluding hydrogens is 335 g/mol. The first-order valence-corrected chi connectivity index (χ1v) is 8.52. The van der Waals surface area contributed by atoms with Gasteiger partial charge in [-0.2, -0.15) is 4.31 Å². The smallest absolute Gasteiger partial charge is 0.246 e. The molecule has 0 amide bonds. The van der Waals surface area contributed by atoms with Gasteiger partial charge in [-0.3, -0.25) is 4.98 Å². The molecule has 21 heavy (non-hydrogen) atoms. The van der Waals surface area contributed by atoms with Crippen molar-refractivity contribution in [3.05, 3.63) is 34.4 Å². The fourth-order valence-electron chi connectivity index (χ4n) is 2.30. The molecule has 112 valence electrons. The summed E-state index contributed by atoms with van der Waals surface area (Å²) in [5, 5.41) is 1.15.